The molecule has 2 aliphatic rings. The molecule has 1 unspecified atom stereocenters. The maximum atomic E-state index is 11.4. The second-order valence-corrected chi connectivity index (χ2v) is 7.65. The number of aliphatic carboxylic acids is 1. The highest BCUT2D eigenvalue weighted by Gasteiger charge is 2.34. The molecule has 0 spiro atoms. The van der Waals surface area contributed by atoms with Crippen LogP contribution in [0.1, 0.15) is 12.8 Å². The van der Waals surface area contributed by atoms with Gasteiger partial charge in [-0.05, 0) is 18.8 Å². The van der Waals surface area contributed by atoms with Gasteiger partial charge in [-0.15, -0.1) is 0 Å². The van der Waals surface area contributed by atoms with Crippen LogP contribution in [0.25, 0.3) is 0 Å². The normalized spacial score (nSPS) is 26.9. The topological polar surface area (TPSA) is 83.9 Å². The number of hydrogen-bond acceptors (Lipinski definition) is 5. The molecule has 0 amide bonds. The molecule has 2 fully saturated rings. The minimum absolute atomic E-state index is 0.0242. The molecule has 1 atom stereocenters. The molecule has 110 valence electrons. The van der Waals surface area contributed by atoms with Crippen molar-refractivity contribution in [2.45, 2.75) is 12.8 Å². The van der Waals surface area contributed by atoms with Gasteiger partial charge in [0.25, 0.3) is 0 Å². The van der Waals surface area contributed by atoms with Gasteiger partial charge in [0.1, 0.15) is 9.84 Å². The second-order valence-electron chi connectivity index (χ2n) is 5.35. The Bertz CT molecular complexity index is 402. The van der Waals surface area contributed by atoms with E-state index in [2.05, 4.69) is 4.90 Å². The van der Waals surface area contributed by atoms with Crippen molar-refractivity contribution in [2.24, 2.45) is 11.8 Å². The van der Waals surface area contributed by atoms with Crippen molar-refractivity contribution in [3.8, 4) is 0 Å². The molecule has 2 heterocycles. The van der Waals surface area contributed by atoms with E-state index >= 15 is 0 Å². The largest absolute Gasteiger partial charge is 0.481 e. The average molecular weight is 291 g/mol. The predicted octanol–water partition coefficient (Wildman–Crippen LogP) is -0.156. The Morgan fingerprint density at radius 3 is 2.37 bits per heavy atom. The third-order valence-corrected chi connectivity index (χ3v) is 5.76. The number of ether oxygens (including phenoxy) is 1. The van der Waals surface area contributed by atoms with E-state index in [1.165, 1.54) is 0 Å². The average Bonchev–Trinajstić information content (AvgIpc) is 2.37. The molecule has 1 N–H and O–H groups in total. The molecule has 0 bridgehead atoms. The lowest BCUT2D eigenvalue weighted by Crippen LogP contribution is -2.44. The Morgan fingerprint density at radius 1 is 1.26 bits per heavy atom. The molecule has 0 aromatic heterocycles. The van der Waals surface area contributed by atoms with Crippen molar-refractivity contribution in [3.63, 3.8) is 0 Å². The highest BCUT2D eigenvalue weighted by atomic mass is 32.2. The number of carboxylic acids is 1. The summed E-state index contributed by atoms with van der Waals surface area (Å²) >= 11 is 0. The zero-order valence-electron chi connectivity index (χ0n) is 11.0. The zero-order chi connectivity index (χ0) is 13.9. The lowest BCUT2D eigenvalue weighted by molar-refractivity contribution is -0.145. The van der Waals surface area contributed by atoms with Gasteiger partial charge in [0.15, 0.2) is 0 Å². The van der Waals surface area contributed by atoms with Crippen LogP contribution in [0, 0.1) is 11.8 Å². The molecule has 2 saturated heterocycles. The summed E-state index contributed by atoms with van der Waals surface area (Å²) in [6.07, 6.45) is 0.952. The van der Waals surface area contributed by atoms with Crippen LogP contribution in [-0.4, -0.2) is 68.7 Å². The third kappa shape index (κ3) is 4.15. The lowest BCUT2D eigenvalue weighted by Gasteiger charge is -2.33. The Morgan fingerprint density at radius 2 is 1.84 bits per heavy atom. The zero-order valence-corrected chi connectivity index (χ0v) is 11.8. The molecular weight excluding hydrogens is 270 g/mol. The Kier molecular flexibility index (Phi) is 4.81. The molecular formula is C12H21NO5S. The fourth-order valence-electron chi connectivity index (χ4n) is 2.80. The van der Waals surface area contributed by atoms with Crippen LogP contribution in [0.15, 0.2) is 0 Å². The number of rotatable bonds is 4. The summed E-state index contributed by atoms with van der Waals surface area (Å²) < 4.78 is 28.1. The summed E-state index contributed by atoms with van der Waals surface area (Å²) in [6.45, 7) is 3.31. The van der Waals surface area contributed by atoms with Crippen molar-refractivity contribution < 1.29 is 23.1 Å². The Balaban J connectivity index is 1.94. The fraction of sp³-hybridized carbons (Fsp3) is 0.917. The number of sulfone groups is 1. The summed E-state index contributed by atoms with van der Waals surface area (Å²) in [7, 11) is -2.93. The molecule has 6 nitrogen and oxygen atoms in total. The van der Waals surface area contributed by atoms with E-state index in [-0.39, 0.29) is 17.4 Å². The Hall–Kier alpha value is -0.660. The molecule has 19 heavy (non-hydrogen) atoms. The minimum atomic E-state index is -2.93. The number of morpholine rings is 1. The van der Waals surface area contributed by atoms with Crippen LogP contribution in [0.2, 0.25) is 0 Å². The van der Waals surface area contributed by atoms with Gasteiger partial charge < -0.3 is 9.84 Å². The maximum Gasteiger partial charge on any atom is 0.308 e. The first-order valence-electron chi connectivity index (χ1n) is 6.71. The van der Waals surface area contributed by atoms with Crippen molar-refractivity contribution in [1.82, 2.24) is 4.90 Å². The van der Waals surface area contributed by atoms with E-state index in [0.717, 1.165) is 13.1 Å². The molecule has 0 radical (unpaired) electrons. The molecule has 2 rings (SSSR count). The van der Waals surface area contributed by atoms with Gasteiger partial charge in [0.2, 0.25) is 0 Å². The van der Waals surface area contributed by atoms with Crippen molar-refractivity contribution in [1.29, 1.82) is 0 Å². The summed E-state index contributed by atoms with van der Waals surface area (Å²) in [5.74, 6) is -1.04. The SMILES string of the molecule is O=C(O)C(CN1CCOCC1)C1CCS(=O)(=O)CC1. The van der Waals surface area contributed by atoms with Gasteiger partial charge in [-0.2, -0.15) is 0 Å². The molecule has 0 aromatic rings. The van der Waals surface area contributed by atoms with Gasteiger partial charge in [-0.3, -0.25) is 9.69 Å². The van der Waals surface area contributed by atoms with Gasteiger partial charge in [0.05, 0.1) is 30.6 Å². The van der Waals surface area contributed by atoms with Crippen LogP contribution in [-0.2, 0) is 19.4 Å². The molecule has 0 saturated carbocycles. The van der Waals surface area contributed by atoms with E-state index in [0.29, 0.717) is 32.6 Å². The predicted molar refractivity (Wildman–Crippen MR) is 69.8 cm³/mol. The summed E-state index contributed by atoms with van der Waals surface area (Å²) in [5.41, 5.74) is 0. The maximum absolute atomic E-state index is 11.4. The first kappa shape index (κ1) is 14.7. The standard InChI is InChI=1S/C12H21NO5S/c14-12(15)11(9-13-3-5-18-6-4-13)10-1-7-19(16,17)8-2-10/h10-11H,1-9H2,(H,14,15). The van der Waals surface area contributed by atoms with E-state index in [1.807, 2.05) is 0 Å². The summed E-state index contributed by atoms with van der Waals surface area (Å²) in [4.78, 5) is 13.5. The van der Waals surface area contributed by atoms with Crippen LogP contribution in [0.4, 0.5) is 0 Å². The van der Waals surface area contributed by atoms with Crippen LogP contribution in [0.5, 0.6) is 0 Å². The van der Waals surface area contributed by atoms with Crippen molar-refractivity contribution >= 4 is 15.8 Å². The quantitative estimate of drug-likeness (QED) is 0.775. The van der Waals surface area contributed by atoms with Crippen LogP contribution >= 0.6 is 0 Å². The Labute approximate surface area is 113 Å². The fourth-order valence-corrected chi connectivity index (χ4v) is 4.33. The third-order valence-electron chi connectivity index (χ3n) is 4.04. The van der Waals surface area contributed by atoms with E-state index in [1.54, 1.807) is 0 Å². The van der Waals surface area contributed by atoms with E-state index < -0.39 is 21.7 Å². The smallest absolute Gasteiger partial charge is 0.308 e. The van der Waals surface area contributed by atoms with Gasteiger partial charge in [-0.1, -0.05) is 0 Å². The first-order chi connectivity index (χ1) is 8.98. The number of hydrogen-bond donors (Lipinski definition) is 1. The number of nitrogens with zero attached hydrogens (tertiary/aromatic N) is 1. The molecule has 2 aliphatic heterocycles. The number of carbonyl (C=O) groups is 1. The molecule has 0 aliphatic carbocycles. The number of carboxylic acid groups (broad SMARTS) is 1. The molecule has 7 heteroatoms. The van der Waals surface area contributed by atoms with Crippen LogP contribution in [0.3, 0.4) is 0 Å². The highest BCUT2D eigenvalue weighted by molar-refractivity contribution is 7.91. The van der Waals surface area contributed by atoms with Crippen molar-refractivity contribution in [3.05, 3.63) is 0 Å². The molecule has 0 aromatic carbocycles. The minimum Gasteiger partial charge on any atom is -0.481 e. The van der Waals surface area contributed by atoms with Gasteiger partial charge in [0, 0.05) is 19.6 Å². The van der Waals surface area contributed by atoms with Crippen LogP contribution < -0.4 is 0 Å². The lowest BCUT2D eigenvalue weighted by atomic mass is 9.87. The van der Waals surface area contributed by atoms with Crippen molar-refractivity contribution in [2.75, 3.05) is 44.4 Å². The first-order valence-corrected chi connectivity index (χ1v) is 8.53. The summed E-state index contributed by atoms with van der Waals surface area (Å²) in [6, 6.07) is 0. The summed E-state index contributed by atoms with van der Waals surface area (Å²) in [5, 5.41) is 9.38. The monoisotopic (exact) mass is 291 g/mol. The van der Waals surface area contributed by atoms with E-state index in [9.17, 15) is 18.3 Å². The van der Waals surface area contributed by atoms with Gasteiger partial charge in [-0.25, -0.2) is 8.42 Å². The second kappa shape index (κ2) is 6.19. The van der Waals surface area contributed by atoms with E-state index in [4.69, 9.17) is 4.74 Å². The highest BCUT2D eigenvalue weighted by Crippen LogP contribution is 2.27. The van der Waals surface area contributed by atoms with Gasteiger partial charge >= 0.3 is 5.97 Å².